The molecule has 0 heterocycles. The molecule has 70 valence electrons. The molecule has 1 heteroatoms. The van der Waals surface area contributed by atoms with Crippen LogP contribution < -0.4 is 3.61 Å². The summed E-state index contributed by atoms with van der Waals surface area (Å²) in [6.45, 7) is 2.19. The molecule has 0 aromatic heterocycles. The molecule has 0 radical (unpaired) electrons. The van der Waals surface area contributed by atoms with Gasteiger partial charge in [-0.05, 0) is 0 Å². The molecule has 0 atom stereocenters. The number of unbranched alkanes of at least 4 members (excludes halogenated alkanes) is 2. The normalized spacial score (nSPS) is 12.7. The third-order valence-corrected chi connectivity index (χ3v) is 3.97. The van der Waals surface area contributed by atoms with E-state index in [1.165, 1.54) is 16.5 Å². The Kier molecular flexibility index (Phi) is 5.14. The van der Waals surface area contributed by atoms with Gasteiger partial charge < -0.3 is 0 Å². The van der Waals surface area contributed by atoms with Gasteiger partial charge in [0.1, 0.15) is 0 Å². The zero-order valence-corrected chi connectivity index (χ0v) is 10.3. The fraction of sp³-hybridized carbons (Fsp3) is 0.333. The first-order valence-electron chi connectivity index (χ1n) is 5.22. The van der Waals surface area contributed by atoms with Crippen LogP contribution >= 0.6 is 0 Å². The van der Waals surface area contributed by atoms with E-state index in [9.17, 15) is 0 Å². The Morgan fingerprint density at radius 1 is 1.38 bits per heavy atom. The topological polar surface area (TPSA) is 0 Å². The molecule has 0 saturated carbocycles. The Labute approximate surface area is 92.5 Å². The second-order valence-electron chi connectivity index (χ2n) is 2.88. The van der Waals surface area contributed by atoms with Crippen molar-refractivity contribution < 1.29 is 1.37 Å². The van der Waals surface area contributed by atoms with Crippen molar-refractivity contribution >= 4 is 24.5 Å². The molecule has 0 amide bonds. The van der Waals surface area contributed by atoms with E-state index in [0.29, 0.717) is 0 Å². The summed E-state index contributed by atoms with van der Waals surface area (Å²) in [6.07, 6.45) is 5.60. The van der Waals surface area contributed by atoms with Crippen LogP contribution in [0.2, 0.25) is 0 Å². The van der Waals surface area contributed by atoms with Crippen molar-refractivity contribution in [2.75, 3.05) is 0 Å². The van der Waals surface area contributed by atoms with E-state index < -0.39 is 20.9 Å². The fourth-order valence-corrected chi connectivity index (χ4v) is 2.76. The molecule has 0 nitrogen and oxygen atoms in total. The van der Waals surface area contributed by atoms with Gasteiger partial charge in [0, 0.05) is 0 Å². The van der Waals surface area contributed by atoms with Crippen LogP contribution in [-0.2, 0) is 0 Å². The van der Waals surface area contributed by atoms with E-state index >= 15 is 0 Å². The standard InChI is InChI=1S/C12H16Te/c1-2-3-4-8-11-13-12-9-6-5-7-10-12/h5-11H,2-4H2,1H3/b11-8-/i11D. The van der Waals surface area contributed by atoms with Gasteiger partial charge in [-0.25, -0.2) is 0 Å². The van der Waals surface area contributed by atoms with E-state index in [1.807, 2.05) is 6.07 Å². The Morgan fingerprint density at radius 2 is 2.15 bits per heavy atom. The molecule has 0 unspecified atom stereocenters. The molecule has 0 aliphatic rings. The van der Waals surface area contributed by atoms with Crippen molar-refractivity contribution in [2.24, 2.45) is 0 Å². The van der Waals surface area contributed by atoms with Crippen LogP contribution in [0, 0.1) is 0 Å². The van der Waals surface area contributed by atoms with Gasteiger partial charge in [-0.3, -0.25) is 0 Å². The quantitative estimate of drug-likeness (QED) is 0.577. The molecule has 1 rings (SSSR count). The van der Waals surface area contributed by atoms with Crippen molar-refractivity contribution in [3.63, 3.8) is 0 Å². The summed E-state index contributed by atoms with van der Waals surface area (Å²) < 4.78 is 10.0. The molecule has 1 aromatic rings. The predicted octanol–water partition coefficient (Wildman–Crippen LogP) is 2.72. The van der Waals surface area contributed by atoms with E-state index in [2.05, 4.69) is 37.3 Å². The third kappa shape index (κ3) is 5.13. The first kappa shape index (κ1) is 9.31. The van der Waals surface area contributed by atoms with Crippen LogP contribution in [0.25, 0.3) is 0 Å². The second-order valence-corrected chi connectivity index (χ2v) is 5.48. The number of rotatable bonds is 5. The summed E-state index contributed by atoms with van der Waals surface area (Å²) in [5, 5.41) is 0. The van der Waals surface area contributed by atoms with Gasteiger partial charge >= 0.3 is 92.6 Å². The monoisotopic (exact) mass is 291 g/mol. The van der Waals surface area contributed by atoms with Crippen LogP contribution in [0.5, 0.6) is 0 Å². The Bertz CT molecular complexity index is 280. The van der Waals surface area contributed by atoms with Crippen LogP contribution in [-0.4, -0.2) is 20.9 Å². The average Bonchev–Trinajstić information content (AvgIpc) is 2.20. The van der Waals surface area contributed by atoms with E-state index in [-0.39, 0.29) is 0 Å². The zero-order chi connectivity index (χ0) is 10.2. The molecule has 1 aromatic carbocycles. The second kappa shape index (κ2) is 7.18. The van der Waals surface area contributed by atoms with Gasteiger partial charge in [-0.2, -0.15) is 0 Å². The minimum atomic E-state index is -0.407. The maximum atomic E-state index is 7.81. The fourth-order valence-electron chi connectivity index (χ4n) is 0.963. The summed E-state index contributed by atoms with van der Waals surface area (Å²) in [5.41, 5.74) is 0. The molecule has 0 aliphatic carbocycles. The predicted molar refractivity (Wildman–Crippen MR) is 60.5 cm³/mol. The molecular weight excluding hydrogens is 272 g/mol. The Balaban J connectivity index is 2.40. The summed E-state index contributed by atoms with van der Waals surface area (Å²) in [4.78, 5) is 0. The zero-order valence-electron chi connectivity index (χ0n) is 8.99. The van der Waals surface area contributed by atoms with Crippen LogP contribution in [0.4, 0.5) is 0 Å². The molecule has 0 aliphatic heterocycles. The molecule has 0 saturated heterocycles. The van der Waals surface area contributed by atoms with Crippen LogP contribution in [0.15, 0.2) is 40.5 Å². The molecule has 0 N–H and O–H groups in total. The summed E-state index contributed by atoms with van der Waals surface area (Å²) in [7, 11) is 0. The van der Waals surface area contributed by atoms with E-state index in [0.717, 1.165) is 10.5 Å². The van der Waals surface area contributed by atoms with Gasteiger partial charge in [-0.1, -0.05) is 0 Å². The molecular formula is C12H16Te. The first-order valence-corrected chi connectivity index (χ1v) is 7.05. The molecule has 0 bridgehead atoms. The summed E-state index contributed by atoms with van der Waals surface area (Å²) in [6, 6.07) is 10.4. The summed E-state index contributed by atoms with van der Waals surface area (Å²) in [5.74, 6) is 0. The van der Waals surface area contributed by atoms with Crippen LogP contribution in [0.1, 0.15) is 27.6 Å². The molecule has 13 heavy (non-hydrogen) atoms. The Hall–Kier alpha value is -0.250. The number of benzene rings is 1. The van der Waals surface area contributed by atoms with Gasteiger partial charge in [0.2, 0.25) is 0 Å². The average molecular weight is 289 g/mol. The number of allylic oxidation sites excluding steroid dienone is 1. The van der Waals surface area contributed by atoms with Crippen molar-refractivity contribution in [2.45, 2.75) is 26.2 Å². The summed E-state index contributed by atoms with van der Waals surface area (Å²) >= 11 is -0.407. The third-order valence-electron chi connectivity index (χ3n) is 1.71. The van der Waals surface area contributed by atoms with Gasteiger partial charge in [0.25, 0.3) is 0 Å². The minimum absolute atomic E-state index is 0.407. The Morgan fingerprint density at radius 3 is 2.85 bits per heavy atom. The molecule has 0 fully saturated rings. The van der Waals surface area contributed by atoms with Crippen molar-refractivity contribution in [3.05, 3.63) is 40.5 Å². The van der Waals surface area contributed by atoms with E-state index in [4.69, 9.17) is 1.37 Å². The van der Waals surface area contributed by atoms with Crippen molar-refractivity contribution in [1.82, 2.24) is 0 Å². The van der Waals surface area contributed by atoms with Crippen LogP contribution in [0.3, 0.4) is 0 Å². The maximum absolute atomic E-state index is 7.81. The van der Waals surface area contributed by atoms with Crippen molar-refractivity contribution in [1.29, 1.82) is 0 Å². The van der Waals surface area contributed by atoms with Crippen molar-refractivity contribution in [3.8, 4) is 0 Å². The molecule has 0 spiro atoms. The van der Waals surface area contributed by atoms with Gasteiger partial charge in [0.05, 0.1) is 0 Å². The number of hydrogen-bond donors (Lipinski definition) is 0. The van der Waals surface area contributed by atoms with Gasteiger partial charge in [0.15, 0.2) is 0 Å². The van der Waals surface area contributed by atoms with E-state index in [1.54, 1.807) is 0 Å². The van der Waals surface area contributed by atoms with Gasteiger partial charge in [-0.15, -0.1) is 0 Å². The SMILES string of the molecule is [2H]/C(=C/CCCC)[Te]c1ccccc1. The number of hydrogen-bond acceptors (Lipinski definition) is 0. The first-order chi connectivity index (χ1) is 6.83.